The quantitative estimate of drug-likeness (QED) is 0.699. The molecule has 3 atom stereocenters. The summed E-state index contributed by atoms with van der Waals surface area (Å²) in [6, 6.07) is 0.00326. The lowest BCUT2D eigenvalue weighted by molar-refractivity contribution is -0.151. The standard InChI is InChI=1S/C17H32N2O3/c1-5-9-13(4)18-16(20)14-10-8-11-19(12-14)15(6-2)17(21)22-7-3/h13-15H,5-12H2,1-4H3,(H,18,20). The van der Waals surface area contributed by atoms with Crippen molar-refractivity contribution in [2.75, 3.05) is 19.7 Å². The van der Waals surface area contributed by atoms with Gasteiger partial charge in [0.1, 0.15) is 6.04 Å². The van der Waals surface area contributed by atoms with Gasteiger partial charge in [0.05, 0.1) is 12.5 Å². The Labute approximate surface area is 134 Å². The smallest absolute Gasteiger partial charge is 0.323 e. The van der Waals surface area contributed by atoms with Gasteiger partial charge in [-0.15, -0.1) is 0 Å². The number of carbonyl (C=O) groups is 2. The number of piperidine rings is 1. The molecule has 1 aliphatic rings. The maximum absolute atomic E-state index is 12.4. The Morgan fingerprint density at radius 2 is 2.05 bits per heavy atom. The first kappa shape index (κ1) is 18.9. The monoisotopic (exact) mass is 312 g/mol. The first-order valence-electron chi connectivity index (χ1n) is 8.74. The van der Waals surface area contributed by atoms with Crippen LogP contribution in [-0.2, 0) is 14.3 Å². The van der Waals surface area contributed by atoms with Gasteiger partial charge in [-0.3, -0.25) is 14.5 Å². The molecule has 0 aliphatic carbocycles. The van der Waals surface area contributed by atoms with E-state index in [4.69, 9.17) is 4.74 Å². The minimum atomic E-state index is -0.219. The number of likely N-dealkylation sites (tertiary alicyclic amines) is 1. The molecule has 0 spiro atoms. The second-order valence-electron chi connectivity index (χ2n) is 6.21. The molecule has 0 aromatic rings. The van der Waals surface area contributed by atoms with Gasteiger partial charge < -0.3 is 10.1 Å². The molecule has 22 heavy (non-hydrogen) atoms. The number of amides is 1. The Kier molecular flexibility index (Phi) is 8.46. The first-order chi connectivity index (χ1) is 10.5. The van der Waals surface area contributed by atoms with Crippen LogP contribution < -0.4 is 5.32 Å². The molecule has 128 valence electrons. The van der Waals surface area contributed by atoms with E-state index in [-0.39, 0.29) is 29.9 Å². The third-order valence-corrected chi connectivity index (χ3v) is 4.32. The van der Waals surface area contributed by atoms with Crippen LogP contribution in [-0.4, -0.2) is 48.6 Å². The summed E-state index contributed by atoms with van der Waals surface area (Å²) in [4.78, 5) is 26.6. The zero-order valence-corrected chi connectivity index (χ0v) is 14.6. The minimum absolute atomic E-state index is 0.0171. The number of hydrogen-bond acceptors (Lipinski definition) is 4. The van der Waals surface area contributed by atoms with Crippen LogP contribution in [0.25, 0.3) is 0 Å². The average Bonchev–Trinajstić information content (AvgIpc) is 2.48. The SMILES string of the molecule is CCCC(C)NC(=O)C1CCCN(C(CC)C(=O)OCC)C1. The lowest BCUT2D eigenvalue weighted by Crippen LogP contribution is -2.51. The van der Waals surface area contributed by atoms with Crippen LogP contribution in [0.15, 0.2) is 0 Å². The summed E-state index contributed by atoms with van der Waals surface area (Å²) in [5.41, 5.74) is 0. The van der Waals surface area contributed by atoms with Crippen molar-refractivity contribution in [2.24, 2.45) is 5.92 Å². The molecule has 1 fully saturated rings. The predicted molar refractivity (Wildman–Crippen MR) is 87.5 cm³/mol. The molecule has 0 bridgehead atoms. The van der Waals surface area contributed by atoms with Gasteiger partial charge >= 0.3 is 5.97 Å². The maximum atomic E-state index is 12.4. The second kappa shape index (κ2) is 9.82. The van der Waals surface area contributed by atoms with E-state index in [0.29, 0.717) is 13.2 Å². The predicted octanol–water partition coefficient (Wildman–Crippen LogP) is 2.34. The Balaban J connectivity index is 2.59. The number of ether oxygens (including phenoxy) is 1. The van der Waals surface area contributed by atoms with Gasteiger partial charge in [0, 0.05) is 12.6 Å². The maximum Gasteiger partial charge on any atom is 0.323 e. The zero-order valence-electron chi connectivity index (χ0n) is 14.6. The fourth-order valence-corrected chi connectivity index (χ4v) is 3.18. The molecule has 3 unspecified atom stereocenters. The molecule has 1 N–H and O–H groups in total. The number of rotatable bonds is 8. The number of esters is 1. The molecule has 1 heterocycles. The molecule has 1 rings (SSSR count). The third kappa shape index (κ3) is 5.59. The van der Waals surface area contributed by atoms with Gasteiger partial charge in [-0.1, -0.05) is 20.3 Å². The highest BCUT2D eigenvalue weighted by Crippen LogP contribution is 2.21. The lowest BCUT2D eigenvalue weighted by Gasteiger charge is -2.36. The molecule has 0 radical (unpaired) electrons. The Morgan fingerprint density at radius 3 is 2.64 bits per heavy atom. The summed E-state index contributed by atoms with van der Waals surface area (Å²) in [5.74, 6) is -0.0497. The third-order valence-electron chi connectivity index (χ3n) is 4.32. The number of nitrogens with one attached hydrogen (secondary N) is 1. The van der Waals surface area contributed by atoms with Gasteiger partial charge in [0.25, 0.3) is 0 Å². The first-order valence-corrected chi connectivity index (χ1v) is 8.74. The summed E-state index contributed by atoms with van der Waals surface area (Å²) in [6.45, 7) is 9.92. The zero-order chi connectivity index (χ0) is 16.5. The Hall–Kier alpha value is -1.10. The van der Waals surface area contributed by atoms with E-state index in [2.05, 4.69) is 24.1 Å². The fourth-order valence-electron chi connectivity index (χ4n) is 3.18. The highest BCUT2D eigenvalue weighted by atomic mass is 16.5. The molecule has 5 heteroatoms. The molecule has 1 aliphatic heterocycles. The molecule has 5 nitrogen and oxygen atoms in total. The summed E-state index contributed by atoms with van der Waals surface area (Å²) < 4.78 is 5.16. The highest BCUT2D eigenvalue weighted by molar-refractivity contribution is 5.79. The Morgan fingerprint density at radius 1 is 1.32 bits per heavy atom. The van der Waals surface area contributed by atoms with E-state index >= 15 is 0 Å². The van der Waals surface area contributed by atoms with E-state index in [1.54, 1.807) is 0 Å². The highest BCUT2D eigenvalue weighted by Gasteiger charge is 2.33. The summed E-state index contributed by atoms with van der Waals surface area (Å²) >= 11 is 0. The van der Waals surface area contributed by atoms with E-state index in [0.717, 1.165) is 38.6 Å². The van der Waals surface area contributed by atoms with E-state index in [1.165, 1.54) is 0 Å². The molecule has 1 saturated heterocycles. The summed E-state index contributed by atoms with van der Waals surface area (Å²) in [7, 11) is 0. The minimum Gasteiger partial charge on any atom is -0.465 e. The van der Waals surface area contributed by atoms with Crippen LogP contribution in [0.5, 0.6) is 0 Å². The van der Waals surface area contributed by atoms with Crippen molar-refractivity contribution in [1.82, 2.24) is 10.2 Å². The van der Waals surface area contributed by atoms with Gasteiger partial charge in [0.2, 0.25) is 5.91 Å². The number of carbonyl (C=O) groups excluding carboxylic acids is 2. The number of nitrogens with zero attached hydrogens (tertiary/aromatic N) is 1. The molecule has 0 aromatic carbocycles. The van der Waals surface area contributed by atoms with Gasteiger partial charge in [-0.05, 0) is 46.1 Å². The second-order valence-corrected chi connectivity index (χ2v) is 6.21. The van der Waals surface area contributed by atoms with Crippen LogP contribution in [0, 0.1) is 5.92 Å². The van der Waals surface area contributed by atoms with Crippen molar-refractivity contribution >= 4 is 11.9 Å². The average molecular weight is 312 g/mol. The molecule has 0 aromatic heterocycles. The van der Waals surface area contributed by atoms with Crippen molar-refractivity contribution < 1.29 is 14.3 Å². The van der Waals surface area contributed by atoms with Gasteiger partial charge in [-0.2, -0.15) is 0 Å². The molecular weight excluding hydrogens is 280 g/mol. The van der Waals surface area contributed by atoms with Crippen molar-refractivity contribution in [2.45, 2.75) is 71.9 Å². The lowest BCUT2D eigenvalue weighted by atomic mass is 9.95. The Bertz CT molecular complexity index is 360. The summed E-state index contributed by atoms with van der Waals surface area (Å²) in [6.07, 6.45) is 4.65. The summed E-state index contributed by atoms with van der Waals surface area (Å²) in [5, 5.41) is 3.10. The van der Waals surface area contributed by atoms with Crippen LogP contribution in [0.1, 0.15) is 59.8 Å². The van der Waals surface area contributed by atoms with Crippen molar-refractivity contribution in [3.8, 4) is 0 Å². The van der Waals surface area contributed by atoms with Crippen LogP contribution in [0.2, 0.25) is 0 Å². The van der Waals surface area contributed by atoms with Crippen molar-refractivity contribution in [3.63, 3.8) is 0 Å². The van der Waals surface area contributed by atoms with Gasteiger partial charge in [0.15, 0.2) is 0 Å². The van der Waals surface area contributed by atoms with E-state index < -0.39 is 0 Å². The van der Waals surface area contributed by atoms with Crippen LogP contribution in [0.3, 0.4) is 0 Å². The largest absolute Gasteiger partial charge is 0.465 e. The molecule has 1 amide bonds. The topological polar surface area (TPSA) is 58.6 Å². The molecule has 0 saturated carbocycles. The van der Waals surface area contributed by atoms with E-state index in [1.807, 2.05) is 13.8 Å². The number of hydrogen-bond donors (Lipinski definition) is 1. The van der Waals surface area contributed by atoms with E-state index in [9.17, 15) is 9.59 Å². The fraction of sp³-hybridized carbons (Fsp3) is 0.882. The normalized spacial score (nSPS) is 21.9. The molecular formula is C17H32N2O3. The van der Waals surface area contributed by atoms with Crippen molar-refractivity contribution in [1.29, 1.82) is 0 Å². The van der Waals surface area contributed by atoms with Gasteiger partial charge in [-0.25, -0.2) is 0 Å². The van der Waals surface area contributed by atoms with Crippen molar-refractivity contribution in [3.05, 3.63) is 0 Å². The van der Waals surface area contributed by atoms with Crippen LogP contribution in [0.4, 0.5) is 0 Å². The van der Waals surface area contributed by atoms with Crippen LogP contribution >= 0.6 is 0 Å².